The van der Waals surface area contributed by atoms with Gasteiger partial charge in [-0.3, -0.25) is 14.2 Å². The largest absolute Gasteiger partial charge is 0.353 e. The number of thiazole rings is 1. The van der Waals surface area contributed by atoms with Crippen molar-refractivity contribution in [3.63, 3.8) is 0 Å². The number of hydrogen-bond acceptors (Lipinski definition) is 6. The van der Waals surface area contributed by atoms with Crippen LogP contribution in [0.3, 0.4) is 0 Å². The van der Waals surface area contributed by atoms with Gasteiger partial charge in [-0.1, -0.05) is 60.2 Å². The number of rotatable bonds is 9. The van der Waals surface area contributed by atoms with Gasteiger partial charge in [0.2, 0.25) is 5.91 Å². The van der Waals surface area contributed by atoms with Crippen molar-refractivity contribution in [1.29, 1.82) is 0 Å². The zero-order valence-electron chi connectivity index (χ0n) is 19.2. The Morgan fingerprint density at radius 2 is 1.86 bits per heavy atom. The van der Waals surface area contributed by atoms with Crippen molar-refractivity contribution in [1.82, 2.24) is 24.6 Å². The molecule has 1 saturated carbocycles. The van der Waals surface area contributed by atoms with Gasteiger partial charge in [0.25, 0.3) is 0 Å². The van der Waals surface area contributed by atoms with Gasteiger partial charge in [-0.15, -0.1) is 10.2 Å². The van der Waals surface area contributed by atoms with E-state index in [1.165, 1.54) is 35.2 Å². The molecule has 4 aromatic rings. The Kier molecular flexibility index (Phi) is 7.29. The summed E-state index contributed by atoms with van der Waals surface area (Å²) in [5.74, 6) is 0.631. The Bertz CT molecular complexity index is 1370. The molecule has 0 saturated heterocycles. The minimum Gasteiger partial charge on any atom is -0.353 e. The molecule has 10 heteroatoms. The predicted octanol–water partition coefficient (Wildman–Crippen LogP) is 4.24. The molecule has 0 bridgehead atoms. The number of amides is 1. The summed E-state index contributed by atoms with van der Waals surface area (Å²) in [6.07, 6.45) is 5.05. The maximum atomic E-state index is 13.3. The number of para-hydroxylation sites is 1. The fourth-order valence-corrected chi connectivity index (χ4v) is 6.12. The Morgan fingerprint density at radius 1 is 1.09 bits per heavy atom. The number of thioether (sulfide) groups is 1. The van der Waals surface area contributed by atoms with E-state index < -0.39 is 0 Å². The highest BCUT2D eigenvalue weighted by Gasteiger charge is 2.20. The molecule has 0 spiro atoms. The zero-order chi connectivity index (χ0) is 24.2. The van der Waals surface area contributed by atoms with Crippen LogP contribution in [0.2, 0.25) is 0 Å². The van der Waals surface area contributed by atoms with E-state index in [4.69, 9.17) is 0 Å². The average molecular weight is 512 g/mol. The van der Waals surface area contributed by atoms with Crippen LogP contribution in [-0.2, 0) is 24.3 Å². The molecule has 2 aromatic heterocycles. The van der Waals surface area contributed by atoms with Crippen molar-refractivity contribution in [3.8, 4) is 0 Å². The lowest BCUT2D eigenvalue weighted by molar-refractivity contribution is -0.119. The number of aromatic nitrogens is 4. The van der Waals surface area contributed by atoms with E-state index in [0.717, 1.165) is 41.5 Å². The van der Waals surface area contributed by atoms with E-state index in [1.54, 1.807) is 16.7 Å². The van der Waals surface area contributed by atoms with Gasteiger partial charge in [-0.05, 0) is 49.1 Å². The summed E-state index contributed by atoms with van der Waals surface area (Å²) in [7, 11) is 0. The highest BCUT2D eigenvalue weighted by Crippen LogP contribution is 2.22. The summed E-state index contributed by atoms with van der Waals surface area (Å²) >= 11 is 2.56. The third kappa shape index (κ3) is 5.65. The molecule has 5 rings (SSSR count). The first-order valence-electron chi connectivity index (χ1n) is 11.7. The van der Waals surface area contributed by atoms with Gasteiger partial charge in [0.1, 0.15) is 5.82 Å². The second-order valence-corrected chi connectivity index (χ2v) is 10.6. The third-order valence-corrected chi connectivity index (χ3v) is 8.18. The van der Waals surface area contributed by atoms with Crippen molar-refractivity contribution in [2.45, 2.75) is 56.4 Å². The Balaban J connectivity index is 1.36. The normalized spacial score (nSPS) is 14.1. The van der Waals surface area contributed by atoms with Crippen molar-refractivity contribution in [2.24, 2.45) is 0 Å². The van der Waals surface area contributed by atoms with E-state index in [2.05, 4.69) is 15.5 Å². The summed E-state index contributed by atoms with van der Waals surface area (Å²) in [6, 6.07) is 14.4. The smallest absolute Gasteiger partial charge is 0.308 e. The first-order chi connectivity index (χ1) is 17.1. The molecular formula is C25H26FN5O2S2. The number of fused-ring (bicyclic) bond motifs is 1. The van der Waals surface area contributed by atoms with Gasteiger partial charge in [0.05, 0.1) is 22.5 Å². The van der Waals surface area contributed by atoms with E-state index in [-0.39, 0.29) is 34.9 Å². The highest BCUT2D eigenvalue weighted by atomic mass is 32.2. The van der Waals surface area contributed by atoms with Crippen LogP contribution < -0.4 is 10.2 Å². The maximum Gasteiger partial charge on any atom is 0.308 e. The molecule has 35 heavy (non-hydrogen) atoms. The molecule has 1 N–H and O–H groups in total. The van der Waals surface area contributed by atoms with Gasteiger partial charge < -0.3 is 9.88 Å². The maximum absolute atomic E-state index is 13.3. The number of aryl methyl sites for hydroxylation is 1. The lowest BCUT2D eigenvalue weighted by atomic mass is 10.1. The minimum atomic E-state index is -0.271. The van der Waals surface area contributed by atoms with Crippen LogP contribution in [-0.4, -0.2) is 37.0 Å². The van der Waals surface area contributed by atoms with Gasteiger partial charge in [0, 0.05) is 12.6 Å². The summed E-state index contributed by atoms with van der Waals surface area (Å²) in [4.78, 5) is 25.1. The van der Waals surface area contributed by atoms with Gasteiger partial charge >= 0.3 is 4.87 Å². The summed E-state index contributed by atoms with van der Waals surface area (Å²) in [5.41, 5.74) is 1.85. The topological polar surface area (TPSA) is 81.8 Å². The molecule has 182 valence electrons. The van der Waals surface area contributed by atoms with Gasteiger partial charge in [-0.25, -0.2) is 4.39 Å². The fraction of sp³-hybridized carbons (Fsp3) is 0.360. The van der Waals surface area contributed by atoms with Crippen LogP contribution in [0.1, 0.15) is 37.1 Å². The van der Waals surface area contributed by atoms with Crippen molar-refractivity contribution >= 4 is 39.2 Å². The number of halogens is 1. The summed E-state index contributed by atoms with van der Waals surface area (Å²) in [5, 5.41) is 12.5. The molecule has 7 nitrogen and oxygen atoms in total. The zero-order valence-corrected chi connectivity index (χ0v) is 20.8. The number of carbonyl (C=O) groups excluding carboxylic acids is 1. The molecule has 2 aromatic carbocycles. The molecule has 0 atom stereocenters. The number of benzene rings is 2. The molecule has 0 aliphatic heterocycles. The lowest BCUT2D eigenvalue weighted by Crippen LogP contribution is -2.33. The van der Waals surface area contributed by atoms with E-state index in [0.29, 0.717) is 23.9 Å². The quantitative estimate of drug-likeness (QED) is 0.340. The van der Waals surface area contributed by atoms with Gasteiger partial charge in [0.15, 0.2) is 11.0 Å². The molecule has 1 aliphatic rings. The first kappa shape index (κ1) is 23.7. The van der Waals surface area contributed by atoms with Crippen LogP contribution in [0, 0.1) is 5.82 Å². The van der Waals surface area contributed by atoms with Crippen molar-refractivity contribution in [3.05, 3.63) is 75.4 Å². The molecule has 1 amide bonds. The molecule has 0 radical (unpaired) electrons. The third-order valence-electron chi connectivity index (χ3n) is 6.26. The molecule has 2 heterocycles. The Morgan fingerprint density at radius 3 is 2.66 bits per heavy atom. The lowest BCUT2D eigenvalue weighted by Gasteiger charge is -2.13. The average Bonchev–Trinajstić information content (AvgIpc) is 3.58. The number of carbonyl (C=O) groups is 1. The second-order valence-electron chi connectivity index (χ2n) is 8.69. The standard InChI is InChI=1S/C25H26FN5O2S2/c26-18-11-9-17(10-12-18)13-14-30-22(15-31-20-7-3-4-8-21(20)35-25(31)33)28-29-24(30)34-16-23(32)27-19-5-1-2-6-19/h3-4,7-12,19H,1-2,5-6,13-16H2,(H,27,32). The van der Waals surface area contributed by atoms with Crippen LogP contribution in [0.25, 0.3) is 10.2 Å². The predicted molar refractivity (Wildman–Crippen MR) is 136 cm³/mol. The highest BCUT2D eigenvalue weighted by molar-refractivity contribution is 7.99. The molecular weight excluding hydrogens is 485 g/mol. The van der Waals surface area contributed by atoms with Crippen molar-refractivity contribution < 1.29 is 9.18 Å². The molecule has 1 fully saturated rings. The fourth-order valence-electron chi connectivity index (χ4n) is 4.43. The summed E-state index contributed by atoms with van der Waals surface area (Å²) < 4.78 is 17.9. The van der Waals surface area contributed by atoms with Crippen LogP contribution in [0.5, 0.6) is 0 Å². The minimum absolute atomic E-state index is 0.00316. The number of nitrogens with zero attached hydrogens (tertiary/aromatic N) is 4. The van der Waals surface area contributed by atoms with Crippen LogP contribution in [0.15, 0.2) is 58.5 Å². The van der Waals surface area contributed by atoms with Gasteiger partial charge in [-0.2, -0.15) is 0 Å². The monoisotopic (exact) mass is 511 g/mol. The Labute approximate surface area is 210 Å². The van der Waals surface area contributed by atoms with E-state index in [9.17, 15) is 14.0 Å². The Hall–Kier alpha value is -2.98. The number of nitrogens with one attached hydrogen (secondary N) is 1. The van der Waals surface area contributed by atoms with Crippen LogP contribution in [0.4, 0.5) is 4.39 Å². The SMILES string of the molecule is O=C(CSc1nnc(Cn2c(=O)sc3ccccc32)n1CCc1ccc(F)cc1)NC1CCCC1. The van der Waals surface area contributed by atoms with Crippen LogP contribution >= 0.6 is 23.1 Å². The first-order valence-corrected chi connectivity index (χ1v) is 13.5. The van der Waals surface area contributed by atoms with E-state index >= 15 is 0 Å². The summed E-state index contributed by atoms with van der Waals surface area (Å²) in [6.45, 7) is 0.839. The number of hydrogen-bond donors (Lipinski definition) is 1. The van der Waals surface area contributed by atoms with Crippen molar-refractivity contribution in [2.75, 3.05) is 5.75 Å². The molecule has 0 unspecified atom stereocenters. The molecule has 1 aliphatic carbocycles. The second kappa shape index (κ2) is 10.7. The van der Waals surface area contributed by atoms with E-state index in [1.807, 2.05) is 28.8 Å².